The van der Waals surface area contributed by atoms with Crippen molar-refractivity contribution in [3.05, 3.63) is 75.8 Å². The molecule has 0 atom stereocenters. The number of benzene rings is 2. The highest BCUT2D eigenvalue weighted by molar-refractivity contribution is 5.77. The lowest BCUT2D eigenvalue weighted by Gasteiger charge is -2.27. The lowest BCUT2D eigenvalue weighted by molar-refractivity contribution is 0.0325. The number of rotatable bonds is 4. The maximum Gasteiger partial charge on any atom is 0.261 e. The number of hydrogen-bond donors (Lipinski definition) is 0. The number of nitriles is 1. The summed E-state index contributed by atoms with van der Waals surface area (Å²) in [7, 11) is 0. The highest BCUT2D eigenvalue weighted by atomic mass is 16.5. The first kappa shape index (κ1) is 17.4. The van der Waals surface area contributed by atoms with Crippen molar-refractivity contribution in [3.8, 4) is 6.07 Å². The monoisotopic (exact) mass is 360 g/mol. The Labute approximate surface area is 157 Å². The lowest BCUT2D eigenvalue weighted by Crippen LogP contribution is -2.38. The van der Waals surface area contributed by atoms with E-state index in [1.54, 1.807) is 16.7 Å². The molecule has 0 N–H and O–H groups in total. The Morgan fingerprint density at radius 1 is 1.04 bits per heavy atom. The zero-order valence-corrected chi connectivity index (χ0v) is 15.0. The Morgan fingerprint density at radius 2 is 1.78 bits per heavy atom. The molecule has 6 nitrogen and oxygen atoms in total. The molecule has 6 heteroatoms. The zero-order valence-electron chi connectivity index (χ0n) is 15.0. The molecule has 0 radical (unpaired) electrons. The summed E-state index contributed by atoms with van der Waals surface area (Å²) in [6.07, 6.45) is 0. The van der Waals surface area contributed by atoms with Crippen molar-refractivity contribution in [1.82, 2.24) is 14.5 Å². The fraction of sp³-hybridized carbons (Fsp3) is 0.286. The van der Waals surface area contributed by atoms with E-state index in [1.165, 1.54) is 0 Å². The molecule has 0 unspecified atom stereocenters. The highest BCUT2D eigenvalue weighted by Crippen LogP contribution is 2.13. The maximum absolute atomic E-state index is 13.1. The molecule has 0 bridgehead atoms. The van der Waals surface area contributed by atoms with E-state index < -0.39 is 0 Å². The van der Waals surface area contributed by atoms with Crippen LogP contribution >= 0.6 is 0 Å². The van der Waals surface area contributed by atoms with Crippen LogP contribution in [-0.4, -0.2) is 40.8 Å². The first-order valence-corrected chi connectivity index (χ1v) is 9.02. The Morgan fingerprint density at radius 3 is 2.52 bits per heavy atom. The molecule has 2 aromatic carbocycles. The molecular formula is C21H20N4O2. The van der Waals surface area contributed by atoms with Crippen molar-refractivity contribution in [2.24, 2.45) is 0 Å². The van der Waals surface area contributed by atoms with Gasteiger partial charge in [0.05, 0.1) is 48.8 Å². The van der Waals surface area contributed by atoms with E-state index in [2.05, 4.69) is 11.0 Å². The van der Waals surface area contributed by atoms with E-state index in [4.69, 9.17) is 15.0 Å². The van der Waals surface area contributed by atoms with Crippen LogP contribution in [0.2, 0.25) is 0 Å². The minimum absolute atomic E-state index is 0.0341. The standard InChI is InChI=1S/C21H20N4O2/c22-13-16-5-7-17(8-6-16)14-25-20(15-24-9-11-27-12-10-24)23-19-4-2-1-3-18(19)21(25)26/h1-8H,9-12,14-15H2. The van der Waals surface area contributed by atoms with E-state index in [0.717, 1.165) is 30.0 Å². The van der Waals surface area contributed by atoms with Gasteiger partial charge in [-0.3, -0.25) is 14.3 Å². The van der Waals surface area contributed by atoms with Crippen LogP contribution in [0.25, 0.3) is 10.9 Å². The van der Waals surface area contributed by atoms with Gasteiger partial charge in [0, 0.05) is 13.1 Å². The van der Waals surface area contributed by atoms with E-state index in [1.807, 2.05) is 36.4 Å². The van der Waals surface area contributed by atoms with Crippen molar-refractivity contribution in [2.75, 3.05) is 26.3 Å². The highest BCUT2D eigenvalue weighted by Gasteiger charge is 2.17. The Hall–Kier alpha value is -3.01. The molecule has 2 heterocycles. The van der Waals surface area contributed by atoms with Crippen molar-refractivity contribution < 1.29 is 4.74 Å². The van der Waals surface area contributed by atoms with Gasteiger partial charge in [-0.15, -0.1) is 0 Å². The summed E-state index contributed by atoms with van der Waals surface area (Å²) >= 11 is 0. The van der Waals surface area contributed by atoms with E-state index >= 15 is 0 Å². The molecule has 0 spiro atoms. The topological polar surface area (TPSA) is 71.2 Å². The summed E-state index contributed by atoms with van der Waals surface area (Å²) in [6.45, 7) is 4.11. The SMILES string of the molecule is N#Cc1ccc(Cn2c(CN3CCOCC3)nc3ccccc3c2=O)cc1. The van der Waals surface area contributed by atoms with Gasteiger partial charge in [-0.2, -0.15) is 5.26 Å². The largest absolute Gasteiger partial charge is 0.379 e. The Bertz CT molecular complexity index is 1040. The molecule has 1 aliphatic heterocycles. The van der Waals surface area contributed by atoms with Crippen molar-refractivity contribution in [1.29, 1.82) is 5.26 Å². The number of ether oxygens (including phenoxy) is 1. The van der Waals surface area contributed by atoms with Gasteiger partial charge in [0.15, 0.2) is 0 Å². The van der Waals surface area contributed by atoms with Crippen molar-refractivity contribution in [2.45, 2.75) is 13.1 Å². The van der Waals surface area contributed by atoms with Crippen LogP contribution in [0.15, 0.2) is 53.3 Å². The van der Waals surface area contributed by atoms with Crippen LogP contribution in [-0.2, 0) is 17.8 Å². The lowest BCUT2D eigenvalue weighted by atomic mass is 10.1. The third-order valence-electron chi connectivity index (χ3n) is 4.83. The average Bonchev–Trinajstić information content (AvgIpc) is 2.72. The van der Waals surface area contributed by atoms with Gasteiger partial charge in [0.25, 0.3) is 5.56 Å². The van der Waals surface area contributed by atoms with Crippen LogP contribution in [0, 0.1) is 11.3 Å². The van der Waals surface area contributed by atoms with Crippen LogP contribution < -0.4 is 5.56 Å². The molecule has 136 valence electrons. The molecule has 4 rings (SSSR count). The van der Waals surface area contributed by atoms with Gasteiger partial charge >= 0.3 is 0 Å². The minimum atomic E-state index is -0.0341. The number of hydrogen-bond acceptors (Lipinski definition) is 5. The second-order valence-corrected chi connectivity index (χ2v) is 6.63. The third kappa shape index (κ3) is 3.75. The number of fused-ring (bicyclic) bond motifs is 1. The molecule has 27 heavy (non-hydrogen) atoms. The number of aromatic nitrogens is 2. The summed E-state index contributed by atoms with van der Waals surface area (Å²) < 4.78 is 7.17. The second-order valence-electron chi connectivity index (χ2n) is 6.63. The maximum atomic E-state index is 13.1. The van der Waals surface area contributed by atoms with Crippen molar-refractivity contribution in [3.63, 3.8) is 0 Å². The zero-order chi connectivity index (χ0) is 18.6. The van der Waals surface area contributed by atoms with E-state index in [9.17, 15) is 4.79 Å². The summed E-state index contributed by atoms with van der Waals surface area (Å²) in [4.78, 5) is 20.2. The quantitative estimate of drug-likeness (QED) is 0.713. The van der Waals surface area contributed by atoms with Crippen molar-refractivity contribution >= 4 is 10.9 Å². The number of morpholine rings is 1. The minimum Gasteiger partial charge on any atom is -0.379 e. The number of nitrogens with zero attached hydrogens (tertiary/aromatic N) is 4. The van der Waals surface area contributed by atoms with E-state index in [-0.39, 0.29) is 5.56 Å². The molecule has 0 aliphatic carbocycles. The second kappa shape index (κ2) is 7.70. The van der Waals surface area contributed by atoms with Crippen LogP contribution in [0.5, 0.6) is 0 Å². The molecule has 1 aromatic heterocycles. The molecule has 0 amide bonds. The van der Waals surface area contributed by atoms with Gasteiger partial charge in [-0.1, -0.05) is 24.3 Å². The average molecular weight is 360 g/mol. The first-order chi connectivity index (χ1) is 13.2. The molecular weight excluding hydrogens is 340 g/mol. The smallest absolute Gasteiger partial charge is 0.261 e. The number of para-hydroxylation sites is 1. The summed E-state index contributed by atoms with van der Waals surface area (Å²) in [5.41, 5.74) is 2.27. The summed E-state index contributed by atoms with van der Waals surface area (Å²) in [6, 6.07) is 16.9. The predicted octanol–water partition coefficient (Wildman–Crippen LogP) is 2.15. The van der Waals surface area contributed by atoms with Crippen LogP contribution in [0.3, 0.4) is 0 Å². The fourth-order valence-corrected chi connectivity index (χ4v) is 3.32. The van der Waals surface area contributed by atoms with Gasteiger partial charge in [-0.05, 0) is 29.8 Å². The van der Waals surface area contributed by atoms with Gasteiger partial charge in [0.2, 0.25) is 0 Å². The Balaban J connectivity index is 1.75. The van der Waals surface area contributed by atoms with Gasteiger partial charge in [0.1, 0.15) is 5.82 Å². The Kier molecular flexibility index (Phi) is 4.97. The molecule has 1 fully saturated rings. The summed E-state index contributed by atoms with van der Waals surface area (Å²) in [5, 5.41) is 9.60. The normalized spacial score (nSPS) is 14.9. The molecule has 0 saturated carbocycles. The molecule has 1 aliphatic rings. The summed E-state index contributed by atoms with van der Waals surface area (Å²) in [5.74, 6) is 0.755. The third-order valence-corrected chi connectivity index (χ3v) is 4.83. The van der Waals surface area contributed by atoms with Gasteiger partial charge in [-0.25, -0.2) is 4.98 Å². The van der Waals surface area contributed by atoms with Gasteiger partial charge < -0.3 is 4.74 Å². The predicted molar refractivity (Wildman–Crippen MR) is 102 cm³/mol. The van der Waals surface area contributed by atoms with E-state index in [0.29, 0.717) is 37.3 Å². The first-order valence-electron chi connectivity index (χ1n) is 9.02. The molecule has 1 saturated heterocycles. The molecule has 3 aromatic rings. The fourth-order valence-electron chi connectivity index (χ4n) is 3.32. The van der Waals surface area contributed by atoms with Crippen LogP contribution in [0.1, 0.15) is 17.0 Å². The van der Waals surface area contributed by atoms with Crippen LogP contribution in [0.4, 0.5) is 0 Å².